The molecule has 1 aromatic heterocycles. The van der Waals surface area contributed by atoms with Crippen LogP contribution in [0.4, 0.5) is 17.1 Å². The van der Waals surface area contributed by atoms with Crippen LogP contribution >= 0.6 is 0 Å². The molecule has 0 saturated carbocycles. The van der Waals surface area contributed by atoms with Crippen molar-refractivity contribution in [1.82, 2.24) is 4.57 Å². The lowest BCUT2D eigenvalue weighted by Crippen LogP contribution is -2.11. The van der Waals surface area contributed by atoms with Gasteiger partial charge in [0.05, 0.1) is 22.1 Å². The second-order valence-electron chi connectivity index (χ2n) is 17.1. The van der Waals surface area contributed by atoms with E-state index >= 15 is 0 Å². The van der Waals surface area contributed by atoms with Gasteiger partial charge in [-0.05, 0) is 115 Å². The Hall–Kier alpha value is -8.90. The fourth-order valence-corrected chi connectivity index (χ4v) is 10.3. The molecular weight excluding hydrogens is 797 g/mol. The number of benzene rings is 11. The fraction of sp³-hybridized carbons (Fsp3) is 0. The van der Waals surface area contributed by atoms with E-state index in [4.69, 9.17) is 0 Å². The van der Waals surface area contributed by atoms with Gasteiger partial charge in [0.15, 0.2) is 0 Å². The van der Waals surface area contributed by atoms with Gasteiger partial charge in [-0.1, -0.05) is 200 Å². The second-order valence-corrected chi connectivity index (χ2v) is 17.1. The average Bonchev–Trinajstić information content (AvgIpc) is 3.74. The summed E-state index contributed by atoms with van der Waals surface area (Å²) in [6, 6.07) is 95.2. The maximum atomic E-state index is 3.53. The summed E-state index contributed by atoms with van der Waals surface area (Å²) >= 11 is 0. The van der Waals surface area contributed by atoms with Crippen LogP contribution in [0.3, 0.4) is 0 Å². The van der Waals surface area contributed by atoms with Crippen LogP contribution in [0, 0.1) is 12.1 Å². The predicted molar refractivity (Wildman–Crippen MR) is 279 cm³/mol. The Kier molecular flexibility index (Phi) is 8.79. The highest BCUT2D eigenvalue weighted by Crippen LogP contribution is 2.44. The van der Waals surface area contributed by atoms with E-state index in [0.717, 1.165) is 55.5 Å². The Morgan fingerprint density at radius 3 is 1.73 bits per heavy atom. The van der Waals surface area contributed by atoms with Crippen LogP contribution in [0.1, 0.15) is 0 Å². The third-order valence-electron chi connectivity index (χ3n) is 13.4. The lowest BCUT2D eigenvalue weighted by molar-refractivity contribution is 1.19. The summed E-state index contributed by atoms with van der Waals surface area (Å²) in [5.41, 5.74) is 13.7. The normalized spacial score (nSPS) is 11.5. The molecule has 13 aromatic rings. The number of hydrogen-bond donors (Lipinski definition) is 0. The maximum Gasteiger partial charge on any atom is 0.0710 e. The molecule has 66 heavy (non-hydrogen) atoms. The van der Waals surface area contributed by atoms with Crippen LogP contribution < -0.4 is 4.90 Å². The number of nitrogens with zero attached hydrogens (tertiary/aromatic N) is 2. The highest BCUT2D eigenvalue weighted by molar-refractivity contribution is 6.19. The van der Waals surface area contributed by atoms with E-state index < -0.39 is 0 Å². The highest BCUT2D eigenvalue weighted by Gasteiger charge is 2.20. The topological polar surface area (TPSA) is 8.17 Å². The first-order chi connectivity index (χ1) is 32.7. The van der Waals surface area contributed by atoms with Crippen molar-refractivity contribution < 1.29 is 0 Å². The summed E-state index contributed by atoms with van der Waals surface area (Å²) in [7, 11) is 0. The smallest absolute Gasteiger partial charge is 0.0710 e. The first kappa shape index (κ1) is 37.6. The van der Waals surface area contributed by atoms with Crippen molar-refractivity contribution in [3.63, 3.8) is 0 Å². The van der Waals surface area contributed by atoms with E-state index in [1.54, 1.807) is 0 Å². The summed E-state index contributed by atoms with van der Waals surface area (Å²) in [6.45, 7) is 0. The van der Waals surface area contributed by atoms with E-state index in [0.29, 0.717) is 0 Å². The van der Waals surface area contributed by atoms with E-state index in [9.17, 15) is 0 Å². The summed E-state index contributed by atoms with van der Waals surface area (Å²) in [6.07, 6.45) is 0. The third kappa shape index (κ3) is 6.14. The monoisotopic (exact) mass is 836 g/mol. The molecule has 2 heteroatoms. The Labute approximate surface area is 383 Å². The molecule has 0 bridgehead atoms. The zero-order chi connectivity index (χ0) is 43.6. The molecular formula is C64H40N2. The van der Waals surface area contributed by atoms with Crippen molar-refractivity contribution >= 4 is 82.0 Å². The van der Waals surface area contributed by atoms with Gasteiger partial charge in [-0.15, -0.1) is 0 Å². The zero-order valence-corrected chi connectivity index (χ0v) is 36.0. The lowest BCUT2D eigenvalue weighted by atomic mass is 9.93. The summed E-state index contributed by atoms with van der Waals surface area (Å²) in [5, 5.41) is 12.0. The number of aromatic nitrogens is 1. The molecule has 12 aromatic carbocycles. The first-order valence-corrected chi connectivity index (χ1v) is 22.6. The third-order valence-corrected chi connectivity index (χ3v) is 13.4. The van der Waals surface area contributed by atoms with Crippen LogP contribution in [-0.2, 0) is 0 Å². The molecule has 0 N–H and O–H groups in total. The Morgan fingerprint density at radius 2 is 0.924 bits per heavy atom. The van der Waals surface area contributed by atoms with Crippen LogP contribution in [0.25, 0.3) is 104 Å². The second kappa shape index (κ2) is 15.4. The minimum Gasteiger partial charge on any atom is -0.310 e. The van der Waals surface area contributed by atoms with Crippen LogP contribution in [0.2, 0.25) is 0 Å². The molecule has 306 valence electrons. The van der Waals surface area contributed by atoms with Crippen molar-refractivity contribution in [3.8, 4) is 39.1 Å². The largest absolute Gasteiger partial charge is 0.310 e. The molecule has 0 fully saturated rings. The number of anilines is 3. The van der Waals surface area contributed by atoms with E-state index in [1.807, 2.05) is 0 Å². The Morgan fingerprint density at radius 1 is 0.333 bits per heavy atom. The van der Waals surface area contributed by atoms with E-state index in [1.165, 1.54) is 65.5 Å². The van der Waals surface area contributed by atoms with Crippen molar-refractivity contribution in [2.75, 3.05) is 4.90 Å². The molecule has 0 amide bonds. The molecule has 0 unspecified atom stereocenters. The van der Waals surface area contributed by atoms with Crippen LogP contribution in [-0.4, -0.2) is 4.57 Å². The Bertz CT molecular complexity index is 3980. The minimum absolute atomic E-state index is 1.06. The first-order valence-electron chi connectivity index (χ1n) is 22.6. The van der Waals surface area contributed by atoms with Gasteiger partial charge in [-0.2, -0.15) is 0 Å². The molecule has 0 spiro atoms. The fourth-order valence-electron chi connectivity index (χ4n) is 10.3. The van der Waals surface area contributed by atoms with Gasteiger partial charge < -0.3 is 9.47 Å². The molecule has 0 saturated heterocycles. The van der Waals surface area contributed by atoms with Gasteiger partial charge in [-0.3, -0.25) is 0 Å². The molecule has 0 aliphatic carbocycles. The standard InChI is InChI=1S/C64H40N2/c1-3-15-43(16-4-1)55-22-11-13-25-62(55)65(50-34-40-54-48(41-50)31-37-57-52-21-9-7-19-45(52)29-36-58(54)57)49-32-27-47(28-33-49)53-39-35-51(42-61(53)44-17-5-2-6-18-44)66-63-26-14-12-24-59(63)60-38-30-46-20-8-10-23-56(46)64(60)66/h1-29,31-37,39-42H. The molecule has 0 aliphatic heterocycles. The summed E-state index contributed by atoms with van der Waals surface area (Å²) in [5.74, 6) is 0. The zero-order valence-electron chi connectivity index (χ0n) is 36.0. The molecule has 13 rings (SSSR count). The van der Waals surface area contributed by atoms with Crippen molar-refractivity contribution in [2.45, 2.75) is 0 Å². The van der Waals surface area contributed by atoms with Crippen molar-refractivity contribution in [1.29, 1.82) is 0 Å². The SMILES string of the molecule is c1c2ccccc2c2c(c#1)c1ccccc1n2-c1ccc(-c2ccc(N(c3ccc4c(ccc5c6ccccc6ccc45)c3)c3ccccc3-c3ccccc3)cc2)c(-c2ccccc2)c1. The van der Waals surface area contributed by atoms with Gasteiger partial charge >= 0.3 is 0 Å². The lowest BCUT2D eigenvalue weighted by Gasteiger charge is -2.28. The van der Waals surface area contributed by atoms with Gasteiger partial charge in [-0.25, -0.2) is 0 Å². The summed E-state index contributed by atoms with van der Waals surface area (Å²) in [4.78, 5) is 2.42. The number of para-hydroxylation sites is 2. The average molecular weight is 837 g/mol. The van der Waals surface area contributed by atoms with Crippen molar-refractivity contribution in [2.24, 2.45) is 0 Å². The van der Waals surface area contributed by atoms with Gasteiger partial charge in [0.2, 0.25) is 0 Å². The quantitative estimate of drug-likeness (QED) is 0.145. The molecule has 1 heterocycles. The highest BCUT2D eigenvalue weighted by atomic mass is 15.1. The molecule has 0 radical (unpaired) electrons. The molecule has 2 nitrogen and oxygen atoms in total. The van der Waals surface area contributed by atoms with E-state index in [-0.39, 0.29) is 0 Å². The summed E-state index contributed by atoms with van der Waals surface area (Å²) < 4.78 is 2.41. The van der Waals surface area contributed by atoms with Crippen LogP contribution in [0.5, 0.6) is 0 Å². The van der Waals surface area contributed by atoms with E-state index in [2.05, 4.69) is 264 Å². The number of fused-ring (bicyclic) bond motifs is 10. The van der Waals surface area contributed by atoms with Crippen LogP contribution in [0.15, 0.2) is 243 Å². The molecule has 0 atom stereocenters. The number of rotatable bonds is 7. The van der Waals surface area contributed by atoms with Gasteiger partial charge in [0.1, 0.15) is 0 Å². The predicted octanol–water partition coefficient (Wildman–Crippen LogP) is 17.5. The Balaban J connectivity index is 0.970. The van der Waals surface area contributed by atoms with Gasteiger partial charge in [0.25, 0.3) is 0 Å². The molecule has 0 aliphatic rings. The number of hydrogen-bond acceptors (Lipinski definition) is 1. The van der Waals surface area contributed by atoms with Gasteiger partial charge in [0, 0.05) is 38.8 Å². The minimum atomic E-state index is 1.06. The maximum absolute atomic E-state index is 3.53. The van der Waals surface area contributed by atoms with Crippen molar-refractivity contribution in [3.05, 3.63) is 255 Å².